The van der Waals surface area contributed by atoms with Crippen molar-refractivity contribution in [3.05, 3.63) is 287 Å². The number of nitrogens with one attached hydrogen (secondary N) is 2. The van der Waals surface area contributed by atoms with E-state index in [4.69, 9.17) is 22.6 Å². The molecule has 0 saturated carbocycles. The van der Waals surface area contributed by atoms with E-state index in [0.29, 0.717) is 0 Å². The zero-order valence-electron chi connectivity index (χ0n) is 68.4. The van der Waals surface area contributed by atoms with Crippen LogP contribution >= 0.6 is 0 Å². The summed E-state index contributed by atoms with van der Waals surface area (Å²) in [7, 11) is 1.96. The van der Waals surface area contributed by atoms with Crippen LogP contribution in [0.4, 0.5) is 45.5 Å². The molecule has 16 aromatic rings. The summed E-state index contributed by atoms with van der Waals surface area (Å²) in [5.74, 6) is 3.38. The Morgan fingerprint density at radius 3 is 0.965 bits per heavy atom. The minimum Gasteiger partial charge on any atom is -0.364 e. The largest absolute Gasteiger partial charge is 0.364 e. The number of benzene rings is 8. The summed E-state index contributed by atoms with van der Waals surface area (Å²) in [4.78, 5) is 9.31. The number of rotatable bonds is 20. The van der Waals surface area contributed by atoms with Crippen LogP contribution in [0.2, 0.25) is 0 Å². The van der Waals surface area contributed by atoms with Gasteiger partial charge in [-0.15, -0.1) is 0 Å². The van der Waals surface area contributed by atoms with Gasteiger partial charge in [-0.3, -0.25) is 14.9 Å². The van der Waals surface area contributed by atoms with Crippen molar-refractivity contribution in [2.75, 3.05) is 45.8 Å². The zero-order chi connectivity index (χ0) is 80.4. The molecule has 580 valence electrons. The van der Waals surface area contributed by atoms with Crippen LogP contribution in [0.5, 0.6) is 0 Å². The van der Waals surface area contributed by atoms with Crippen molar-refractivity contribution >= 4 is 45.5 Å². The molecule has 8 heterocycles. The van der Waals surface area contributed by atoms with Gasteiger partial charge < -0.3 is 42.2 Å². The minimum atomic E-state index is 0.839. The van der Waals surface area contributed by atoms with Crippen molar-refractivity contribution < 1.29 is 22.6 Å². The van der Waals surface area contributed by atoms with Gasteiger partial charge in [0.15, 0.2) is 0 Å². The standard InChI is InChI=1S/2C24H26N4O.C23H24N4O.C23H23N3O2/c1-6-28(21-11-9-19(10-12-21)22-14-25-26-16(22)3)23-13-20(8-7-15(23)2)24-17(4)27-29-18(24)5;1-6-28(21-11-9-19(10-12-21)22-13-14-25-27(22)5)23-15-20(8-7-16(23)2)24-17(3)26-29-18(24)4;1-5-27(21-10-8-18(9-11-21)20-13-24-25-14-20)22-12-19(7-6-15(22)2)23-16(3)26-28-17(23)4;1-5-26(20-10-8-18(9-11-20)21-12-13-27-25-21)22-14-19(7-6-15(22)2)23-16(3)24-28-17(23)4/h7-14H,6H2,1-5H3,(H,25,26);7-15H,6H2,1-5H3;6-14H,5H2,1-4H3,(H,24,25);6-14H,5H2,1-4H3. The number of anilines is 8. The maximum atomic E-state index is 5.38. The Labute approximate surface area is 667 Å². The summed E-state index contributed by atoms with van der Waals surface area (Å²) >= 11 is 0. The Bertz CT molecular complexity index is 5440. The van der Waals surface area contributed by atoms with Crippen LogP contribution in [-0.4, -0.2) is 82.1 Å². The summed E-state index contributed by atoms with van der Waals surface area (Å²) in [6, 6.07) is 64.3. The van der Waals surface area contributed by atoms with Crippen LogP contribution < -0.4 is 19.6 Å². The second-order valence-electron chi connectivity index (χ2n) is 28.6. The highest BCUT2D eigenvalue weighted by molar-refractivity contribution is 5.82. The molecule has 0 bridgehead atoms. The van der Waals surface area contributed by atoms with Crippen LogP contribution in [0.3, 0.4) is 0 Å². The molecule has 20 nitrogen and oxygen atoms in total. The predicted molar refractivity (Wildman–Crippen MR) is 459 cm³/mol. The molecular formula is C94H99N15O5. The summed E-state index contributed by atoms with van der Waals surface area (Å²) in [5.41, 5.74) is 36.5. The highest BCUT2D eigenvalue weighted by Gasteiger charge is 2.23. The smallest absolute Gasteiger partial charge is 0.141 e. The van der Waals surface area contributed by atoms with E-state index in [9.17, 15) is 0 Å². The lowest BCUT2D eigenvalue weighted by Crippen LogP contribution is -2.17. The van der Waals surface area contributed by atoms with Gasteiger partial charge in [0.05, 0.1) is 40.9 Å². The fourth-order valence-electron chi connectivity index (χ4n) is 15.1. The van der Waals surface area contributed by atoms with Crippen molar-refractivity contribution in [3.63, 3.8) is 0 Å². The molecule has 0 atom stereocenters. The minimum absolute atomic E-state index is 0.839. The molecule has 114 heavy (non-hydrogen) atoms. The quantitative estimate of drug-likeness (QED) is 0.0725. The average Bonchev–Trinajstić information content (AvgIpc) is 1.57. The van der Waals surface area contributed by atoms with E-state index >= 15 is 0 Å². The first-order valence-corrected chi connectivity index (χ1v) is 38.7. The lowest BCUT2D eigenvalue weighted by Gasteiger charge is -2.26. The number of aromatic amines is 2. The lowest BCUT2D eigenvalue weighted by molar-refractivity contribution is 0.393. The lowest BCUT2D eigenvalue weighted by atomic mass is 10.0. The molecule has 0 radical (unpaired) electrons. The molecule has 0 amide bonds. The predicted octanol–water partition coefficient (Wildman–Crippen LogP) is 23.8. The monoisotopic (exact) mass is 1520 g/mol. The first-order chi connectivity index (χ1) is 55.1. The number of aromatic nitrogens is 11. The van der Waals surface area contributed by atoms with Crippen molar-refractivity contribution in [2.24, 2.45) is 7.05 Å². The van der Waals surface area contributed by atoms with Crippen molar-refractivity contribution in [3.8, 4) is 89.3 Å². The molecule has 0 aliphatic heterocycles. The van der Waals surface area contributed by atoms with Crippen molar-refractivity contribution in [1.29, 1.82) is 0 Å². The molecule has 0 saturated heterocycles. The fourth-order valence-corrected chi connectivity index (χ4v) is 15.1. The first-order valence-electron chi connectivity index (χ1n) is 38.7. The summed E-state index contributed by atoms with van der Waals surface area (Å²) in [6.07, 6.45) is 9.03. The normalized spacial score (nSPS) is 11.0. The van der Waals surface area contributed by atoms with Gasteiger partial charge in [0.25, 0.3) is 0 Å². The molecule has 16 rings (SSSR count). The van der Waals surface area contributed by atoms with E-state index in [-0.39, 0.29) is 0 Å². The maximum absolute atomic E-state index is 5.38. The van der Waals surface area contributed by atoms with Gasteiger partial charge in [0.1, 0.15) is 35.0 Å². The summed E-state index contributed by atoms with van der Waals surface area (Å²) in [5, 5.41) is 38.7. The van der Waals surface area contributed by atoms with Crippen molar-refractivity contribution in [1.82, 2.24) is 56.0 Å². The van der Waals surface area contributed by atoms with Gasteiger partial charge in [0, 0.05) is 142 Å². The summed E-state index contributed by atoms with van der Waals surface area (Å²) < 4.78 is 28.3. The summed E-state index contributed by atoms with van der Waals surface area (Å²) in [6.45, 7) is 38.6. The highest BCUT2D eigenvalue weighted by Crippen LogP contribution is 2.42. The maximum Gasteiger partial charge on any atom is 0.141 e. The topological polar surface area (TPSA) is 218 Å². The van der Waals surface area contributed by atoms with E-state index in [1.807, 2.05) is 111 Å². The van der Waals surface area contributed by atoms with Gasteiger partial charge >= 0.3 is 0 Å². The van der Waals surface area contributed by atoms with Crippen LogP contribution in [0, 0.1) is 90.0 Å². The van der Waals surface area contributed by atoms with E-state index in [2.05, 4.69) is 296 Å². The Morgan fingerprint density at radius 2 is 0.684 bits per heavy atom. The molecule has 0 aliphatic rings. The number of aryl methyl sites for hydroxylation is 14. The third-order valence-corrected chi connectivity index (χ3v) is 21.1. The molecule has 0 unspecified atom stereocenters. The number of H-pyrrole nitrogens is 2. The molecule has 20 heteroatoms. The van der Waals surface area contributed by atoms with Crippen LogP contribution in [0.15, 0.2) is 236 Å². The van der Waals surface area contributed by atoms with Gasteiger partial charge in [-0.25, -0.2) is 0 Å². The Kier molecular flexibility index (Phi) is 24.1. The molecule has 8 aromatic heterocycles. The first kappa shape index (κ1) is 78.8. The number of hydrogen-bond donors (Lipinski definition) is 2. The average molecular weight is 1520 g/mol. The van der Waals surface area contributed by atoms with Gasteiger partial charge in [-0.2, -0.15) is 15.3 Å². The van der Waals surface area contributed by atoms with Crippen LogP contribution in [-0.2, 0) is 7.05 Å². The Balaban J connectivity index is 0.000000133. The number of nitrogens with zero attached hydrogens (tertiary/aromatic N) is 13. The number of hydrogen-bond acceptors (Lipinski definition) is 17. The highest BCUT2D eigenvalue weighted by atomic mass is 16.5. The zero-order valence-corrected chi connectivity index (χ0v) is 68.4. The Morgan fingerprint density at radius 1 is 0.342 bits per heavy atom. The second-order valence-corrected chi connectivity index (χ2v) is 28.6. The fraction of sp³-hybridized carbons (Fsp3) is 0.234. The van der Waals surface area contributed by atoms with E-state index in [1.165, 1.54) is 45.0 Å². The third-order valence-electron chi connectivity index (χ3n) is 21.1. The van der Waals surface area contributed by atoms with Crippen LogP contribution in [0.25, 0.3) is 89.3 Å². The van der Waals surface area contributed by atoms with E-state index in [0.717, 1.165) is 190 Å². The van der Waals surface area contributed by atoms with Gasteiger partial charge in [-0.1, -0.05) is 123 Å². The molecule has 0 aliphatic carbocycles. The van der Waals surface area contributed by atoms with Gasteiger partial charge in [-0.05, 0) is 258 Å². The molecule has 0 fully saturated rings. The van der Waals surface area contributed by atoms with Gasteiger partial charge in [0.2, 0.25) is 0 Å². The van der Waals surface area contributed by atoms with E-state index in [1.54, 1.807) is 6.26 Å². The third kappa shape index (κ3) is 16.8. The SMILES string of the molecule is CCN(c1ccc(-c2ccnn2C)cc1)c1cc(-c2c(C)noc2C)ccc1C.CCN(c1ccc(-c2ccon2)cc1)c1cc(-c2c(C)noc2C)ccc1C.CCN(c1ccc(-c2cn[nH]c2)cc1)c1cc(-c2c(C)noc2C)ccc1C.CCN(c1ccc(-c2cn[nH]c2C)cc1)c1cc(-c2c(C)noc2C)ccc1C. The molecular weight excluding hydrogens is 1420 g/mol. The van der Waals surface area contributed by atoms with Crippen LogP contribution in [0.1, 0.15) is 101 Å². The molecule has 8 aromatic carbocycles. The van der Waals surface area contributed by atoms with Crippen molar-refractivity contribution in [2.45, 2.75) is 118 Å². The molecule has 0 spiro atoms. The molecule has 2 N–H and O–H groups in total. The Hall–Kier alpha value is -13.4. The van der Waals surface area contributed by atoms with E-state index < -0.39 is 0 Å². The second kappa shape index (κ2) is 34.9.